The molecule has 2 aromatic heterocycles. The lowest BCUT2D eigenvalue weighted by Crippen LogP contribution is -2.22. The summed E-state index contributed by atoms with van der Waals surface area (Å²) in [4.78, 5) is 17.1. The quantitative estimate of drug-likeness (QED) is 0.724. The summed E-state index contributed by atoms with van der Waals surface area (Å²) in [7, 11) is 0. The topological polar surface area (TPSA) is 42.0 Å². The van der Waals surface area contributed by atoms with E-state index in [4.69, 9.17) is 23.2 Å². The van der Waals surface area contributed by atoms with Gasteiger partial charge in [-0.25, -0.2) is 4.98 Å². The van der Waals surface area contributed by atoms with Gasteiger partial charge < -0.3 is 5.32 Å². The number of carbonyl (C=O) groups is 1. The van der Waals surface area contributed by atoms with Crippen molar-refractivity contribution in [2.45, 2.75) is 13.5 Å². The summed E-state index contributed by atoms with van der Waals surface area (Å²) >= 11 is 15.3. The highest BCUT2D eigenvalue weighted by Crippen LogP contribution is 2.39. The molecule has 3 nitrogen and oxygen atoms in total. The first-order valence-electron chi connectivity index (χ1n) is 6.12. The molecule has 0 spiro atoms. The van der Waals surface area contributed by atoms with Gasteiger partial charge in [-0.05, 0) is 19.1 Å². The molecule has 1 amide bonds. The molecular weight excluding hydrogens is 347 g/mol. The molecule has 3 rings (SSSR count). The molecule has 0 saturated heterocycles. The zero-order valence-electron chi connectivity index (χ0n) is 10.9. The minimum absolute atomic E-state index is 0.206. The third-order valence-electron chi connectivity index (χ3n) is 2.91. The Morgan fingerprint density at radius 1 is 1.38 bits per heavy atom. The Bertz CT molecular complexity index is 826. The van der Waals surface area contributed by atoms with Crippen molar-refractivity contribution in [3.8, 4) is 0 Å². The molecule has 21 heavy (non-hydrogen) atoms. The number of hydrogen-bond acceptors (Lipinski definition) is 4. The van der Waals surface area contributed by atoms with Gasteiger partial charge in [0, 0.05) is 15.5 Å². The maximum atomic E-state index is 12.3. The van der Waals surface area contributed by atoms with Gasteiger partial charge in [0.2, 0.25) is 0 Å². The molecule has 0 unspecified atom stereocenters. The predicted molar refractivity (Wildman–Crippen MR) is 89.9 cm³/mol. The van der Waals surface area contributed by atoms with E-state index in [-0.39, 0.29) is 5.91 Å². The second kappa shape index (κ2) is 5.93. The van der Waals surface area contributed by atoms with E-state index in [1.807, 2.05) is 24.4 Å². The van der Waals surface area contributed by atoms with E-state index in [2.05, 4.69) is 10.3 Å². The summed E-state index contributed by atoms with van der Waals surface area (Å²) in [5.74, 6) is -0.206. The Morgan fingerprint density at radius 2 is 2.19 bits per heavy atom. The molecule has 0 fully saturated rings. The molecule has 0 aliphatic heterocycles. The Hall–Kier alpha value is -1.14. The molecule has 0 aliphatic rings. The number of benzene rings is 1. The fourth-order valence-corrected chi connectivity index (χ4v) is 4.44. The minimum atomic E-state index is -0.206. The Labute approximate surface area is 139 Å². The largest absolute Gasteiger partial charge is 0.346 e. The van der Waals surface area contributed by atoms with Gasteiger partial charge in [0.15, 0.2) is 0 Å². The van der Waals surface area contributed by atoms with Gasteiger partial charge in [-0.15, -0.1) is 22.7 Å². The molecule has 0 aliphatic carbocycles. The number of halogens is 2. The van der Waals surface area contributed by atoms with Crippen molar-refractivity contribution in [2.75, 3.05) is 0 Å². The molecule has 0 radical (unpaired) electrons. The lowest BCUT2D eigenvalue weighted by molar-refractivity contribution is 0.0954. The number of aryl methyl sites for hydroxylation is 1. The van der Waals surface area contributed by atoms with Crippen LogP contribution in [-0.2, 0) is 6.54 Å². The second-order valence-electron chi connectivity index (χ2n) is 4.40. The lowest BCUT2D eigenvalue weighted by Gasteiger charge is -2.01. The van der Waals surface area contributed by atoms with Crippen LogP contribution in [0.4, 0.5) is 0 Å². The number of thiophene rings is 1. The summed E-state index contributed by atoms with van der Waals surface area (Å²) in [5.41, 5.74) is 0.848. The predicted octanol–water partition coefficient (Wildman–Crippen LogP) is 4.90. The summed E-state index contributed by atoms with van der Waals surface area (Å²) in [6.07, 6.45) is 0. The van der Waals surface area contributed by atoms with E-state index in [9.17, 15) is 4.79 Å². The molecule has 3 aromatic rings. The SMILES string of the molecule is Cc1nc(CNC(=O)c2sc3cccc(Cl)c3c2Cl)cs1. The molecule has 7 heteroatoms. The highest BCUT2D eigenvalue weighted by molar-refractivity contribution is 7.21. The van der Waals surface area contributed by atoms with Crippen molar-refractivity contribution in [3.05, 3.63) is 49.2 Å². The molecule has 2 heterocycles. The monoisotopic (exact) mass is 356 g/mol. The lowest BCUT2D eigenvalue weighted by atomic mass is 10.2. The van der Waals surface area contributed by atoms with Gasteiger partial charge in [-0.3, -0.25) is 4.79 Å². The fraction of sp³-hybridized carbons (Fsp3) is 0.143. The third kappa shape index (κ3) is 2.92. The maximum Gasteiger partial charge on any atom is 0.263 e. The van der Waals surface area contributed by atoms with Crippen molar-refractivity contribution in [1.82, 2.24) is 10.3 Å². The van der Waals surface area contributed by atoms with Crippen LogP contribution in [0.25, 0.3) is 10.1 Å². The van der Waals surface area contributed by atoms with Crippen molar-refractivity contribution in [1.29, 1.82) is 0 Å². The highest BCUT2D eigenvalue weighted by Gasteiger charge is 2.18. The van der Waals surface area contributed by atoms with Crippen molar-refractivity contribution < 1.29 is 4.79 Å². The number of nitrogens with zero attached hydrogens (tertiary/aromatic N) is 1. The normalized spacial score (nSPS) is 11.0. The zero-order chi connectivity index (χ0) is 15.0. The number of carbonyl (C=O) groups excluding carboxylic acids is 1. The van der Waals surface area contributed by atoms with Crippen LogP contribution < -0.4 is 5.32 Å². The first-order valence-corrected chi connectivity index (χ1v) is 8.57. The minimum Gasteiger partial charge on any atom is -0.346 e. The standard InChI is InChI=1S/C14H10Cl2N2OS2/c1-7-18-8(6-20-7)5-17-14(19)13-12(16)11-9(15)3-2-4-10(11)21-13/h2-4,6H,5H2,1H3,(H,17,19). The number of aromatic nitrogens is 1. The van der Waals surface area contributed by atoms with E-state index in [1.54, 1.807) is 17.4 Å². The van der Waals surface area contributed by atoms with Crippen LogP contribution in [0.3, 0.4) is 0 Å². The van der Waals surface area contributed by atoms with E-state index in [0.29, 0.717) is 21.5 Å². The number of fused-ring (bicyclic) bond motifs is 1. The average molecular weight is 357 g/mol. The number of nitrogens with one attached hydrogen (secondary N) is 1. The number of thiazole rings is 1. The third-order valence-corrected chi connectivity index (χ3v) is 5.69. The van der Waals surface area contributed by atoms with Crippen LogP contribution in [0, 0.1) is 6.92 Å². The van der Waals surface area contributed by atoms with Gasteiger partial charge in [0.05, 0.1) is 27.3 Å². The molecule has 108 valence electrons. The Kier molecular flexibility index (Phi) is 4.17. The van der Waals surface area contributed by atoms with Gasteiger partial charge in [0.1, 0.15) is 4.88 Å². The first kappa shape index (κ1) is 14.8. The van der Waals surface area contributed by atoms with Gasteiger partial charge in [0.25, 0.3) is 5.91 Å². The van der Waals surface area contributed by atoms with Crippen LogP contribution in [0.1, 0.15) is 20.4 Å². The van der Waals surface area contributed by atoms with E-state index in [0.717, 1.165) is 20.8 Å². The highest BCUT2D eigenvalue weighted by atomic mass is 35.5. The van der Waals surface area contributed by atoms with Crippen molar-refractivity contribution >= 4 is 61.9 Å². The van der Waals surface area contributed by atoms with Gasteiger partial charge in [-0.2, -0.15) is 0 Å². The summed E-state index contributed by atoms with van der Waals surface area (Å²) in [5, 5.41) is 7.45. The van der Waals surface area contributed by atoms with Crippen LogP contribution >= 0.6 is 45.9 Å². The van der Waals surface area contributed by atoms with Crippen LogP contribution in [0.2, 0.25) is 10.0 Å². The van der Waals surface area contributed by atoms with Crippen molar-refractivity contribution in [3.63, 3.8) is 0 Å². The molecule has 1 N–H and O–H groups in total. The Morgan fingerprint density at radius 3 is 2.86 bits per heavy atom. The van der Waals surface area contributed by atoms with E-state index < -0.39 is 0 Å². The summed E-state index contributed by atoms with van der Waals surface area (Å²) < 4.78 is 0.905. The van der Waals surface area contributed by atoms with Crippen molar-refractivity contribution in [2.24, 2.45) is 0 Å². The van der Waals surface area contributed by atoms with Crippen LogP contribution in [0.5, 0.6) is 0 Å². The molecule has 0 atom stereocenters. The number of hydrogen-bond donors (Lipinski definition) is 1. The number of rotatable bonds is 3. The molecule has 0 bridgehead atoms. The van der Waals surface area contributed by atoms with E-state index in [1.165, 1.54) is 11.3 Å². The fourth-order valence-electron chi connectivity index (χ4n) is 1.96. The van der Waals surface area contributed by atoms with Crippen LogP contribution in [0.15, 0.2) is 23.6 Å². The zero-order valence-corrected chi connectivity index (χ0v) is 14.1. The first-order chi connectivity index (χ1) is 10.1. The van der Waals surface area contributed by atoms with Gasteiger partial charge >= 0.3 is 0 Å². The molecular formula is C14H10Cl2N2OS2. The van der Waals surface area contributed by atoms with Gasteiger partial charge in [-0.1, -0.05) is 29.3 Å². The number of amides is 1. The summed E-state index contributed by atoms with van der Waals surface area (Å²) in [6, 6.07) is 5.51. The smallest absolute Gasteiger partial charge is 0.263 e. The van der Waals surface area contributed by atoms with Crippen LogP contribution in [-0.4, -0.2) is 10.9 Å². The summed E-state index contributed by atoms with van der Waals surface area (Å²) in [6.45, 7) is 2.32. The van der Waals surface area contributed by atoms with E-state index >= 15 is 0 Å². The second-order valence-corrected chi connectivity index (χ2v) is 7.30. The Balaban J connectivity index is 1.84. The molecule has 1 aromatic carbocycles. The molecule has 0 saturated carbocycles. The maximum absolute atomic E-state index is 12.3. The average Bonchev–Trinajstić information content (AvgIpc) is 3.01.